The zero-order chi connectivity index (χ0) is 16.2. The first-order valence-electron chi connectivity index (χ1n) is 6.25. The van der Waals surface area contributed by atoms with Crippen LogP contribution in [0.4, 0.5) is 13.2 Å². The Bertz CT molecular complexity index is 729. The largest absolute Gasteiger partial charge is 0.473 e. The zero-order valence-corrected chi connectivity index (χ0v) is 12.0. The zero-order valence-electron chi connectivity index (χ0n) is 11.2. The quantitative estimate of drug-likeness (QED) is 0.823. The van der Waals surface area contributed by atoms with Gasteiger partial charge in [0.25, 0.3) is 0 Å². The Balaban J connectivity index is 2.34. The molecule has 1 aromatic heterocycles. The number of allylic oxidation sites excluding steroid dienone is 3. The third-order valence-electron chi connectivity index (χ3n) is 2.72. The molecule has 0 fully saturated rings. The predicted molar refractivity (Wildman–Crippen MR) is 76.2 cm³/mol. The fourth-order valence-corrected chi connectivity index (χ4v) is 1.85. The SMILES string of the molecule is O=C(N=c1ccccn1CC1=CN=C(Cl)CC=C1)C(F)(F)F. The number of aliphatic imine (C=N–C) groups is 1. The molecule has 0 bridgehead atoms. The van der Waals surface area contributed by atoms with E-state index in [2.05, 4.69) is 9.98 Å². The molecule has 1 amide bonds. The van der Waals surface area contributed by atoms with Crippen molar-refractivity contribution in [3.8, 4) is 0 Å². The molecule has 0 unspecified atom stereocenters. The van der Waals surface area contributed by atoms with Crippen LogP contribution in [0.5, 0.6) is 0 Å². The summed E-state index contributed by atoms with van der Waals surface area (Å²) < 4.78 is 38.4. The van der Waals surface area contributed by atoms with Crippen molar-refractivity contribution in [2.45, 2.75) is 19.1 Å². The maximum Gasteiger partial charge on any atom is 0.473 e. The van der Waals surface area contributed by atoms with Crippen molar-refractivity contribution in [2.24, 2.45) is 9.98 Å². The van der Waals surface area contributed by atoms with E-state index in [9.17, 15) is 18.0 Å². The number of carbonyl (C=O) groups excluding carboxylic acids is 1. The number of rotatable bonds is 2. The molecule has 2 rings (SSSR count). The van der Waals surface area contributed by atoms with E-state index in [-0.39, 0.29) is 12.0 Å². The third kappa shape index (κ3) is 4.42. The van der Waals surface area contributed by atoms with E-state index in [1.165, 1.54) is 29.1 Å². The second kappa shape index (κ2) is 6.74. The van der Waals surface area contributed by atoms with Crippen molar-refractivity contribution < 1.29 is 18.0 Å². The average molecular weight is 330 g/mol. The first kappa shape index (κ1) is 16.2. The van der Waals surface area contributed by atoms with Crippen LogP contribution in [0.15, 0.2) is 58.3 Å². The Hall–Kier alpha value is -2.15. The summed E-state index contributed by atoms with van der Waals surface area (Å²) in [5.41, 5.74) is 0.640. The summed E-state index contributed by atoms with van der Waals surface area (Å²) in [7, 11) is 0. The lowest BCUT2D eigenvalue weighted by Gasteiger charge is -2.08. The first-order valence-corrected chi connectivity index (χ1v) is 6.63. The molecule has 0 N–H and O–H groups in total. The highest BCUT2D eigenvalue weighted by Crippen LogP contribution is 2.16. The van der Waals surface area contributed by atoms with Crippen molar-refractivity contribution in [3.63, 3.8) is 0 Å². The van der Waals surface area contributed by atoms with E-state index in [4.69, 9.17) is 11.6 Å². The van der Waals surface area contributed by atoms with Crippen LogP contribution < -0.4 is 5.49 Å². The van der Waals surface area contributed by atoms with Gasteiger partial charge in [-0.05, 0) is 17.7 Å². The highest BCUT2D eigenvalue weighted by molar-refractivity contribution is 6.65. The fraction of sp³-hybridized carbons (Fsp3) is 0.214. The topological polar surface area (TPSA) is 46.7 Å². The molecule has 0 saturated heterocycles. The lowest BCUT2D eigenvalue weighted by atomic mass is 10.2. The van der Waals surface area contributed by atoms with Crippen molar-refractivity contribution in [1.29, 1.82) is 0 Å². The molecule has 0 aromatic carbocycles. The molecular formula is C14H11ClF3N3O. The van der Waals surface area contributed by atoms with Crippen LogP contribution in [0, 0.1) is 0 Å². The van der Waals surface area contributed by atoms with Crippen LogP contribution >= 0.6 is 11.6 Å². The molecule has 116 valence electrons. The number of aromatic nitrogens is 1. The van der Waals surface area contributed by atoms with Crippen LogP contribution in [0.3, 0.4) is 0 Å². The molecule has 0 atom stereocenters. The lowest BCUT2D eigenvalue weighted by Crippen LogP contribution is -2.27. The van der Waals surface area contributed by atoms with Gasteiger partial charge in [-0.2, -0.15) is 18.2 Å². The van der Waals surface area contributed by atoms with Gasteiger partial charge in [0.15, 0.2) is 0 Å². The molecular weight excluding hydrogens is 319 g/mol. The summed E-state index contributed by atoms with van der Waals surface area (Å²) in [6, 6.07) is 4.47. The van der Waals surface area contributed by atoms with Crippen LogP contribution in [-0.2, 0) is 11.3 Å². The Kier molecular flexibility index (Phi) is 4.97. The van der Waals surface area contributed by atoms with E-state index in [0.717, 1.165) is 5.57 Å². The second-order valence-electron chi connectivity index (χ2n) is 4.42. The van der Waals surface area contributed by atoms with E-state index in [0.29, 0.717) is 11.6 Å². The van der Waals surface area contributed by atoms with Gasteiger partial charge in [-0.3, -0.25) is 4.79 Å². The Morgan fingerprint density at radius 2 is 2.18 bits per heavy atom. The monoisotopic (exact) mass is 329 g/mol. The van der Waals surface area contributed by atoms with Gasteiger partial charge in [-0.25, -0.2) is 4.99 Å². The number of amides is 1. The average Bonchev–Trinajstić information content (AvgIpc) is 2.65. The maximum absolute atomic E-state index is 12.3. The van der Waals surface area contributed by atoms with Crippen molar-refractivity contribution in [1.82, 2.24) is 4.57 Å². The predicted octanol–water partition coefficient (Wildman–Crippen LogP) is 2.96. The number of hydrogen-bond donors (Lipinski definition) is 0. The standard InChI is InChI=1S/C14H11ClF3N3O/c15-11-5-3-4-10(8-19-11)9-21-7-2-1-6-12(21)20-13(22)14(16,17)18/h1-4,6-8H,5,9H2. The summed E-state index contributed by atoms with van der Waals surface area (Å²) in [5, 5.41) is 0.418. The van der Waals surface area contributed by atoms with Gasteiger partial charge in [0.2, 0.25) is 0 Å². The smallest absolute Gasteiger partial charge is 0.328 e. The van der Waals surface area contributed by atoms with Gasteiger partial charge in [-0.15, -0.1) is 0 Å². The molecule has 0 saturated carbocycles. The Labute approximate surface area is 129 Å². The highest BCUT2D eigenvalue weighted by Gasteiger charge is 2.38. The van der Waals surface area contributed by atoms with Gasteiger partial charge in [-0.1, -0.05) is 29.8 Å². The molecule has 1 aliphatic heterocycles. The Morgan fingerprint density at radius 3 is 2.91 bits per heavy atom. The van der Waals surface area contributed by atoms with Crippen molar-refractivity contribution in [2.75, 3.05) is 0 Å². The number of carbonyl (C=O) groups is 1. The molecule has 0 radical (unpaired) electrons. The first-order chi connectivity index (χ1) is 10.4. The summed E-state index contributed by atoms with van der Waals surface area (Å²) in [4.78, 5) is 18.1. The minimum atomic E-state index is -4.99. The van der Waals surface area contributed by atoms with Gasteiger partial charge in [0.05, 0.1) is 6.54 Å². The maximum atomic E-state index is 12.3. The van der Waals surface area contributed by atoms with Gasteiger partial charge < -0.3 is 4.57 Å². The summed E-state index contributed by atoms with van der Waals surface area (Å²) >= 11 is 5.80. The van der Waals surface area contributed by atoms with Gasteiger partial charge >= 0.3 is 12.1 Å². The Morgan fingerprint density at radius 1 is 1.41 bits per heavy atom. The molecule has 0 spiro atoms. The number of halogens is 4. The van der Waals surface area contributed by atoms with E-state index in [1.807, 2.05) is 0 Å². The second-order valence-corrected chi connectivity index (χ2v) is 4.85. The van der Waals surface area contributed by atoms with E-state index >= 15 is 0 Å². The molecule has 0 aliphatic carbocycles. The number of pyridine rings is 1. The fourth-order valence-electron chi connectivity index (χ4n) is 1.72. The van der Waals surface area contributed by atoms with Crippen LogP contribution in [0.1, 0.15) is 6.42 Å². The van der Waals surface area contributed by atoms with Crippen LogP contribution in [0.25, 0.3) is 0 Å². The highest BCUT2D eigenvalue weighted by atomic mass is 35.5. The summed E-state index contributed by atoms with van der Waals surface area (Å²) in [5.74, 6) is -2.14. The minimum absolute atomic E-state index is 0.0848. The number of hydrogen-bond acceptors (Lipinski definition) is 2. The molecule has 1 aliphatic rings. The van der Waals surface area contributed by atoms with Crippen molar-refractivity contribution >= 4 is 22.7 Å². The molecule has 2 heterocycles. The normalized spacial score (nSPS) is 16.1. The van der Waals surface area contributed by atoms with E-state index < -0.39 is 12.1 Å². The van der Waals surface area contributed by atoms with Gasteiger partial charge in [0, 0.05) is 18.8 Å². The van der Waals surface area contributed by atoms with Crippen LogP contribution in [0.2, 0.25) is 0 Å². The number of alkyl halides is 3. The third-order valence-corrected chi connectivity index (χ3v) is 2.97. The molecule has 1 aromatic rings. The van der Waals surface area contributed by atoms with Gasteiger partial charge in [0.1, 0.15) is 10.7 Å². The van der Waals surface area contributed by atoms with Crippen molar-refractivity contribution in [3.05, 3.63) is 53.8 Å². The lowest BCUT2D eigenvalue weighted by molar-refractivity contribution is -0.169. The molecule has 8 heteroatoms. The minimum Gasteiger partial charge on any atom is -0.328 e. The van der Waals surface area contributed by atoms with E-state index in [1.54, 1.807) is 18.2 Å². The molecule has 4 nitrogen and oxygen atoms in total. The molecule has 22 heavy (non-hydrogen) atoms. The number of nitrogens with zero attached hydrogens (tertiary/aromatic N) is 3. The summed E-state index contributed by atoms with van der Waals surface area (Å²) in [6.45, 7) is 0.217. The van der Waals surface area contributed by atoms with Crippen LogP contribution in [-0.4, -0.2) is 21.8 Å². The summed E-state index contributed by atoms with van der Waals surface area (Å²) in [6.07, 6.45) is 2.13.